The van der Waals surface area contributed by atoms with Gasteiger partial charge >= 0.3 is 18.0 Å². The van der Waals surface area contributed by atoms with Crippen molar-refractivity contribution in [3.05, 3.63) is 30.2 Å². The first-order chi connectivity index (χ1) is 11.3. The van der Waals surface area contributed by atoms with Crippen molar-refractivity contribution in [3.63, 3.8) is 0 Å². The number of carboxylic acid groups (broad SMARTS) is 1. The number of nitrogens with zero attached hydrogens (tertiary/aromatic N) is 3. The first kappa shape index (κ1) is 17.5. The molecule has 0 aliphatic carbocycles. The molecule has 0 aliphatic rings. The molecule has 0 saturated carbocycles. The highest BCUT2D eigenvalue weighted by Gasteiger charge is 2.30. The molecule has 8 heteroatoms. The zero-order valence-electron chi connectivity index (χ0n) is 13.7. The fourth-order valence-electron chi connectivity index (χ4n) is 2.04. The van der Waals surface area contributed by atoms with Crippen LogP contribution >= 0.6 is 0 Å². The number of urea groups is 1. The molecule has 2 rings (SSSR count). The van der Waals surface area contributed by atoms with Gasteiger partial charge in [-0.3, -0.25) is 9.69 Å². The van der Waals surface area contributed by atoms with Crippen LogP contribution in [0.25, 0.3) is 11.1 Å². The molecule has 1 heterocycles. The number of imide groups is 2. The Balaban J connectivity index is 2.18. The largest absolute Gasteiger partial charge is 0.465 e. The summed E-state index contributed by atoms with van der Waals surface area (Å²) in [6, 6.07) is 5.85. The van der Waals surface area contributed by atoms with Crippen molar-refractivity contribution >= 4 is 29.1 Å². The number of aromatic nitrogens is 1. The van der Waals surface area contributed by atoms with Crippen LogP contribution in [0.3, 0.4) is 0 Å². The molecular weight excluding hydrogens is 314 g/mol. The third-order valence-electron chi connectivity index (χ3n) is 3.46. The third-order valence-corrected chi connectivity index (χ3v) is 3.46. The van der Waals surface area contributed by atoms with Crippen molar-refractivity contribution in [2.75, 3.05) is 13.6 Å². The minimum atomic E-state index is -1.40. The van der Waals surface area contributed by atoms with Crippen LogP contribution in [0.15, 0.2) is 28.7 Å². The van der Waals surface area contributed by atoms with E-state index in [4.69, 9.17) is 4.42 Å². The topological polar surface area (TPSA) is 104 Å². The maximum Gasteiger partial charge on any atom is 0.415 e. The third kappa shape index (κ3) is 3.70. The molecular formula is C16H19N3O5. The molecule has 0 saturated heterocycles. The lowest BCUT2D eigenvalue weighted by atomic mass is 10.1. The van der Waals surface area contributed by atoms with Crippen molar-refractivity contribution in [1.82, 2.24) is 14.8 Å². The standard InChI is InChI=1S/C16H19N3O5/c1-10(2)8-9-19(16(22)23)15(21)18(3)14(20)13-17-11-6-4-5-7-12(11)24-13/h4-7,10H,8-9H2,1-3H3,(H,22,23). The molecule has 0 atom stereocenters. The van der Waals surface area contributed by atoms with Gasteiger partial charge in [0, 0.05) is 13.6 Å². The van der Waals surface area contributed by atoms with Crippen molar-refractivity contribution in [1.29, 1.82) is 0 Å². The van der Waals surface area contributed by atoms with Gasteiger partial charge in [-0.15, -0.1) is 0 Å². The predicted molar refractivity (Wildman–Crippen MR) is 85.7 cm³/mol. The molecule has 1 aromatic carbocycles. The second-order valence-electron chi connectivity index (χ2n) is 5.75. The Labute approximate surface area is 138 Å². The van der Waals surface area contributed by atoms with E-state index in [0.29, 0.717) is 27.3 Å². The van der Waals surface area contributed by atoms with E-state index in [-0.39, 0.29) is 18.4 Å². The summed E-state index contributed by atoms with van der Waals surface area (Å²) in [7, 11) is 1.20. The second kappa shape index (κ2) is 7.12. The predicted octanol–water partition coefficient (Wildman–Crippen LogP) is 3.05. The Morgan fingerprint density at radius 3 is 2.50 bits per heavy atom. The van der Waals surface area contributed by atoms with Crippen LogP contribution in [0.4, 0.5) is 9.59 Å². The number of hydrogen-bond donors (Lipinski definition) is 1. The van der Waals surface area contributed by atoms with Crippen LogP contribution in [0.1, 0.15) is 31.0 Å². The van der Waals surface area contributed by atoms with Crippen molar-refractivity contribution < 1.29 is 23.9 Å². The van der Waals surface area contributed by atoms with E-state index in [1.54, 1.807) is 24.3 Å². The van der Waals surface area contributed by atoms with Crippen LogP contribution in [0.2, 0.25) is 0 Å². The number of carbonyl (C=O) groups excluding carboxylic acids is 2. The Morgan fingerprint density at radius 2 is 1.92 bits per heavy atom. The van der Waals surface area contributed by atoms with Gasteiger partial charge in [0.15, 0.2) is 5.58 Å². The number of amides is 4. The average Bonchev–Trinajstić information content (AvgIpc) is 2.96. The lowest BCUT2D eigenvalue weighted by Gasteiger charge is -2.23. The van der Waals surface area contributed by atoms with Gasteiger partial charge in [-0.1, -0.05) is 26.0 Å². The van der Waals surface area contributed by atoms with Crippen LogP contribution in [-0.2, 0) is 0 Å². The van der Waals surface area contributed by atoms with Crippen LogP contribution < -0.4 is 0 Å². The van der Waals surface area contributed by atoms with E-state index in [1.165, 1.54) is 7.05 Å². The molecule has 1 N–H and O–H groups in total. The number of oxazole rings is 1. The number of fused-ring (bicyclic) bond motifs is 1. The molecule has 4 amide bonds. The van der Waals surface area contributed by atoms with E-state index in [9.17, 15) is 19.5 Å². The normalized spacial score (nSPS) is 10.8. The minimum absolute atomic E-state index is 0.0109. The lowest BCUT2D eigenvalue weighted by Crippen LogP contribution is -2.47. The molecule has 0 radical (unpaired) electrons. The van der Waals surface area contributed by atoms with Gasteiger partial charge in [-0.25, -0.2) is 19.5 Å². The Hall–Kier alpha value is -2.90. The van der Waals surface area contributed by atoms with E-state index >= 15 is 0 Å². The second-order valence-corrected chi connectivity index (χ2v) is 5.75. The van der Waals surface area contributed by atoms with Gasteiger partial charge in [0.05, 0.1) is 0 Å². The molecule has 1 aromatic heterocycles. The Bertz CT molecular complexity index is 735. The average molecular weight is 333 g/mol. The van der Waals surface area contributed by atoms with Crippen LogP contribution in [-0.4, -0.2) is 51.5 Å². The fourth-order valence-corrected chi connectivity index (χ4v) is 2.04. The monoisotopic (exact) mass is 333 g/mol. The summed E-state index contributed by atoms with van der Waals surface area (Å²) in [6.45, 7) is 3.84. The van der Waals surface area contributed by atoms with Gasteiger partial charge < -0.3 is 9.52 Å². The van der Waals surface area contributed by atoms with Crippen molar-refractivity contribution in [2.24, 2.45) is 5.92 Å². The van der Waals surface area contributed by atoms with E-state index in [2.05, 4.69) is 4.98 Å². The highest BCUT2D eigenvalue weighted by molar-refractivity contribution is 6.05. The summed E-state index contributed by atoms with van der Waals surface area (Å²) >= 11 is 0. The zero-order chi connectivity index (χ0) is 17.9. The number of rotatable bonds is 4. The lowest BCUT2D eigenvalue weighted by molar-refractivity contribution is 0.0756. The summed E-state index contributed by atoms with van der Waals surface area (Å²) in [5, 5.41) is 9.20. The quantitative estimate of drug-likeness (QED) is 0.922. The number of carbonyl (C=O) groups is 3. The smallest absolute Gasteiger partial charge is 0.415 e. The van der Waals surface area contributed by atoms with Crippen molar-refractivity contribution in [2.45, 2.75) is 20.3 Å². The Morgan fingerprint density at radius 1 is 1.25 bits per heavy atom. The van der Waals surface area contributed by atoms with Gasteiger partial charge in [0.2, 0.25) is 0 Å². The van der Waals surface area contributed by atoms with Crippen LogP contribution in [0.5, 0.6) is 0 Å². The molecule has 24 heavy (non-hydrogen) atoms. The molecule has 2 aromatic rings. The van der Waals surface area contributed by atoms with Crippen molar-refractivity contribution in [3.8, 4) is 0 Å². The summed E-state index contributed by atoms with van der Waals surface area (Å²) in [5.41, 5.74) is 0.896. The maximum atomic E-state index is 12.4. The molecule has 0 spiro atoms. The van der Waals surface area contributed by atoms with E-state index < -0.39 is 18.0 Å². The number of benzene rings is 1. The summed E-state index contributed by atoms with van der Waals surface area (Å²) in [6.07, 6.45) is -0.902. The van der Waals surface area contributed by atoms with E-state index in [1.807, 2.05) is 13.8 Å². The summed E-state index contributed by atoms with van der Waals surface area (Å²) in [5.74, 6) is -0.842. The molecule has 0 aliphatic heterocycles. The first-order valence-corrected chi connectivity index (χ1v) is 7.49. The van der Waals surface area contributed by atoms with Crippen LogP contribution in [0, 0.1) is 5.92 Å². The van der Waals surface area contributed by atoms with Gasteiger partial charge in [0.1, 0.15) is 5.52 Å². The van der Waals surface area contributed by atoms with Gasteiger partial charge in [-0.05, 0) is 24.5 Å². The van der Waals surface area contributed by atoms with Gasteiger partial charge in [0.25, 0.3) is 5.89 Å². The summed E-state index contributed by atoms with van der Waals surface area (Å²) in [4.78, 5) is 41.3. The highest BCUT2D eigenvalue weighted by Crippen LogP contribution is 2.16. The SMILES string of the molecule is CC(C)CCN(C(=O)O)C(=O)N(C)C(=O)c1nc2ccccc2o1. The zero-order valence-corrected chi connectivity index (χ0v) is 13.7. The molecule has 0 unspecified atom stereocenters. The number of hydrogen-bond acceptors (Lipinski definition) is 5. The first-order valence-electron chi connectivity index (χ1n) is 7.49. The fraction of sp³-hybridized carbons (Fsp3) is 0.375. The van der Waals surface area contributed by atoms with Gasteiger partial charge in [-0.2, -0.15) is 0 Å². The Kier molecular flexibility index (Phi) is 5.18. The van der Waals surface area contributed by atoms with E-state index in [0.717, 1.165) is 0 Å². The molecule has 8 nitrogen and oxygen atoms in total. The summed E-state index contributed by atoms with van der Waals surface area (Å²) < 4.78 is 5.32. The minimum Gasteiger partial charge on any atom is -0.465 e. The highest BCUT2D eigenvalue weighted by atomic mass is 16.4. The molecule has 0 fully saturated rings. The molecule has 0 bridgehead atoms. The molecule has 128 valence electrons. The maximum absolute atomic E-state index is 12.4. The number of para-hydroxylation sites is 2.